The summed E-state index contributed by atoms with van der Waals surface area (Å²) in [5.41, 5.74) is 0.912. The summed E-state index contributed by atoms with van der Waals surface area (Å²) in [6, 6.07) is 7.32. The van der Waals surface area contributed by atoms with E-state index in [-0.39, 0.29) is 0 Å². The van der Waals surface area contributed by atoms with E-state index in [1.165, 1.54) is 6.08 Å². The first-order valence-corrected chi connectivity index (χ1v) is 4.12. The number of carbonyl (C=O) groups is 1. The van der Waals surface area contributed by atoms with E-state index >= 15 is 0 Å². The minimum atomic E-state index is -0.476. The number of rotatable bonds is 3. The maximum absolute atomic E-state index is 10.4. The van der Waals surface area contributed by atoms with Crippen molar-refractivity contribution in [3.05, 3.63) is 35.9 Å². The molecule has 0 aromatic heterocycles. The van der Waals surface area contributed by atoms with Crippen LogP contribution in [0.1, 0.15) is 5.56 Å². The van der Waals surface area contributed by atoms with Crippen LogP contribution < -0.4 is 4.74 Å². The monoisotopic (exact) mass is 196 g/mol. The Bertz CT molecular complexity index is 314. The summed E-state index contributed by atoms with van der Waals surface area (Å²) in [6.07, 6.45) is 2.96. The van der Waals surface area contributed by atoms with E-state index in [1.807, 2.05) is 24.3 Å². The molecule has 0 saturated carbocycles. The fourth-order valence-corrected chi connectivity index (χ4v) is 0.940. The van der Waals surface area contributed by atoms with Gasteiger partial charge in [-0.25, -0.2) is 0 Å². The smallest absolute Gasteiger partial charge is 0.245 e. The molecule has 1 aromatic rings. The third-order valence-electron chi connectivity index (χ3n) is 1.52. The molecule has 0 fully saturated rings. The number of carbonyl (C=O) groups excluding carboxylic acids is 1. The van der Waals surface area contributed by atoms with Crippen LogP contribution in [0.25, 0.3) is 6.08 Å². The Morgan fingerprint density at radius 3 is 2.46 bits per heavy atom. The van der Waals surface area contributed by atoms with Crippen molar-refractivity contribution in [2.45, 2.75) is 0 Å². The van der Waals surface area contributed by atoms with E-state index in [0.717, 1.165) is 11.3 Å². The second-order valence-corrected chi connectivity index (χ2v) is 2.78. The molecule has 2 nitrogen and oxygen atoms in total. The van der Waals surface area contributed by atoms with Crippen molar-refractivity contribution in [2.75, 3.05) is 7.11 Å². The molecule has 0 atom stereocenters. The first-order valence-electron chi connectivity index (χ1n) is 3.74. The number of halogens is 1. The molecule has 0 aliphatic carbocycles. The maximum Gasteiger partial charge on any atom is 0.245 e. The SMILES string of the molecule is COc1ccc(C=CC(=O)Cl)cc1. The van der Waals surface area contributed by atoms with Crippen LogP contribution >= 0.6 is 11.6 Å². The highest BCUT2D eigenvalue weighted by molar-refractivity contribution is 6.66. The number of ether oxygens (including phenoxy) is 1. The van der Waals surface area contributed by atoms with Crippen molar-refractivity contribution in [2.24, 2.45) is 0 Å². The van der Waals surface area contributed by atoms with Crippen molar-refractivity contribution in [1.29, 1.82) is 0 Å². The molecule has 0 amide bonds. The third kappa shape index (κ3) is 3.30. The first-order chi connectivity index (χ1) is 6.22. The lowest BCUT2D eigenvalue weighted by molar-refractivity contribution is -0.107. The zero-order chi connectivity index (χ0) is 9.68. The summed E-state index contributed by atoms with van der Waals surface area (Å²) in [5.74, 6) is 0.786. The highest BCUT2D eigenvalue weighted by Gasteiger charge is 1.90. The van der Waals surface area contributed by atoms with Crippen molar-refractivity contribution in [3.63, 3.8) is 0 Å². The van der Waals surface area contributed by atoms with Crippen LogP contribution in [0.2, 0.25) is 0 Å². The fraction of sp³-hybridized carbons (Fsp3) is 0.100. The molecule has 0 heterocycles. The van der Waals surface area contributed by atoms with E-state index in [9.17, 15) is 4.79 Å². The van der Waals surface area contributed by atoms with Crippen LogP contribution in [0.4, 0.5) is 0 Å². The number of methoxy groups -OCH3 is 1. The Kier molecular flexibility index (Phi) is 3.53. The summed E-state index contributed by atoms with van der Waals surface area (Å²) < 4.78 is 4.98. The largest absolute Gasteiger partial charge is 0.497 e. The molecule has 0 spiro atoms. The van der Waals surface area contributed by atoms with E-state index in [0.29, 0.717) is 0 Å². The van der Waals surface area contributed by atoms with Gasteiger partial charge < -0.3 is 4.74 Å². The number of allylic oxidation sites excluding steroid dienone is 1. The lowest BCUT2D eigenvalue weighted by Gasteiger charge is -1.98. The minimum Gasteiger partial charge on any atom is -0.497 e. The highest BCUT2D eigenvalue weighted by atomic mass is 35.5. The summed E-state index contributed by atoms with van der Waals surface area (Å²) in [4.78, 5) is 10.4. The normalized spacial score (nSPS) is 10.3. The zero-order valence-electron chi connectivity index (χ0n) is 7.16. The molecular weight excluding hydrogens is 188 g/mol. The van der Waals surface area contributed by atoms with Gasteiger partial charge in [-0.15, -0.1) is 0 Å². The predicted molar refractivity (Wildman–Crippen MR) is 52.9 cm³/mol. The molecule has 68 valence electrons. The van der Waals surface area contributed by atoms with Gasteiger partial charge in [0.2, 0.25) is 5.24 Å². The summed E-state index contributed by atoms with van der Waals surface area (Å²) >= 11 is 5.14. The van der Waals surface area contributed by atoms with Crippen molar-refractivity contribution in [1.82, 2.24) is 0 Å². The Hall–Kier alpha value is -1.28. The predicted octanol–water partition coefficient (Wildman–Crippen LogP) is 2.47. The summed E-state index contributed by atoms with van der Waals surface area (Å²) in [7, 11) is 1.60. The number of hydrogen-bond donors (Lipinski definition) is 0. The van der Waals surface area contributed by atoms with E-state index < -0.39 is 5.24 Å². The van der Waals surface area contributed by atoms with Crippen molar-refractivity contribution in [3.8, 4) is 5.75 Å². The van der Waals surface area contributed by atoms with E-state index in [2.05, 4.69) is 0 Å². The second-order valence-electron chi connectivity index (χ2n) is 2.41. The molecule has 0 aliphatic rings. The van der Waals surface area contributed by atoms with Gasteiger partial charge in [0.25, 0.3) is 0 Å². The zero-order valence-corrected chi connectivity index (χ0v) is 7.91. The van der Waals surface area contributed by atoms with Gasteiger partial charge >= 0.3 is 0 Å². The molecule has 0 N–H and O–H groups in total. The van der Waals surface area contributed by atoms with Gasteiger partial charge in [-0.2, -0.15) is 0 Å². The van der Waals surface area contributed by atoms with Gasteiger partial charge in [-0.05, 0) is 35.4 Å². The lowest BCUT2D eigenvalue weighted by atomic mass is 10.2. The molecule has 0 bridgehead atoms. The molecule has 1 rings (SSSR count). The van der Waals surface area contributed by atoms with Gasteiger partial charge in [-0.1, -0.05) is 18.2 Å². The molecule has 1 aromatic carbocycles. The number of benzene rings is 1. The van der Waals surface area contributed by atoms with Crippen molar-refractivity contribution >= 4 is 22.9 Å². The first kappa shape index (κ1) is 9.81. The Balaban J connectivity index is 2.75. The van der Waals surface area contributed by atoms with Crippen LogP contribution in [-0.2, 0) is 4.79 Å². The molecule has 0 unspecified atom stereocenters. The Morgan fingerprint density at radius 1 is 1.38 bits per heavy atom. The van der Waals surface area contributed by atoms with Gasteiger partial charge in [-0.3, -0.25) is 4.79 Å². The lowest BCUT2D eigenvalue weighted by Crippen LogP contribution is -1.82. The molecule has 0 radical (unpaired) electrons. The van der Waals surface area contributed by atoms with E-state index in [1.54, 1.807) is 13.2 Å². The van der Waals surface area contributed by atoms with E-state index in [4.69, 9.17) is 16.3 Å². The molecule has 0 saturated heterocycles. The van der Waals surface area contributed by atoms with Gasteiger partial charge in [0, 0.05) is 0 Å². The summed E-state index contributed by atoms with van der Waals surface area (Å²) in [5, 5.41) is -0.476. The maximum atomic E-state index is 10.4. The Morgan fingerprint density at radius 2 is 2.00 bits per heavy atom. The molecule has 13 heavy (non-hydrogen) atoms. The van der Waals surface area contributed by atoms with Crippen LogP contribution in [0.15, 0.2) is 30.3 Å². The molecular formula is C10H9ClO2. The second kappa shape index (κ2) is 4.67. The van der Waals surface area contributed by atoms with Crippen LogP contribution in [0.5, 0.6) is 5.75 Å². The summed E-state index contributed by atoms with van der Waals surface area (Å²) in [6.45, 7) is 0. The van der Waals surface area contributed by atoms with Crippen molar-refractivity contribution < 1.29 is 9.53 Å². The van der Waals surface area contributed by atoms with Crippen LogP contribution in [-0.4, -0.2) is 12.4 Å². The van der Waals surface area contributed by atoms with Gasteiger partial charge in [0.1, 0.15) is 5.75 Å². The van der Waals surface area contributed by atoms with Gasteiger partial charge in [0.05, 0.1) is 7.11 Å². The minimum absolute atomic E-state index is 0.476. The number of hydrogen-bond acceptors (Lipinski definition) is 2. The molecule has 0 aliphatic heterocycles. The average Bonchev–Trinajstić information content (AvgIpc) is 2.15. The molecule has 3 heteroatoms. The average molecular weight is 197 g/mol. The highest BCUT2D eigenvalue weighted by Crippen LogP contribution is 2.12. The third-order valence-corrected chi connectivity index (χ3v) is 1.65. The topological polar surface area (TPSA) is 26.3 Å². The quantitative estimate of drug-likeness (QED) is 0.549. The van der Waals surface area contributed by atoms with Crippen LogP contribution in [0.3, 0.4) is 0 Å². The standard InChI is InChI=1S/C10H9ClO2/c1-13-9-5-2-8(3-6-9)4-7-10(11)12/h2-7H,1H3. The van der Waals surface area contributed by atoms with Crippen LogP contribution in [0, 0.1) is 0 Å². The fourth-order valence-electron chi connectivity index (χ4n) is 0.877. The van der Waals surface area contributed by atoms with Gasteiger partial charge in [0.15, 0.2) is 0 Å². The Labute approximate surface area is 81.8 Å².